The van der Waals surface area contributed by atoms with Gasteiger partial charge in [0.05, 0.1) is 11.6 Å². The fourth-order valence-corrected chi connectivity index (χ4v) is 1.69. The third kappa shape index (κ3) is 5.39. The topological polar surface area (TPSA) is 41.5 Å². The maximum Gasteiger partial charge on any atom is 0.138 e. The Labute approximate surface area is 108 Å². The Morgan fingerprint density at radius 3 is 2.76 bits per heavy atom. The van der Waals surface area contributed by atoms with E-state index in [1.165, 1.54) is 0 Å². The van der Waals surface area contributed by atoms with Gasteiger partial charge in [0, 0.05) is 6.54 Å². The second-order valence-electron chi connectivity index (χ2n) is 4.36. The first-order valence-corrected chi connectivity index (χ1v) is 6.24. The minimum Gasteiger partial charge on any atom is -0.490 e. The van der Waals surface area contributed by atoms with E-state index in [1.807, 2.05) is 18.2 Å². The summed E-state index contributed by atoms with van der Waals surface area (Å²) in [5.41, 5.74) is 1.13. The molecule has 96 valence electrons. The van der Waals surface area contributed by atoms with Crippen molar-refractivity contribution in [1.29, 1.82) is 0 Å². The van der Waals surface area contributed by atoms with Crippen LogP contribution >= 0.6 is 11.6 Å². The van der Waals surface area contributed by atoms with Crippen LogP contribution in [-0.4, -0.2) is 24.9 Å². The maximum absolute atomic E-state index is 8.66. The Hall–Kier alpha value is -0.770. The van der Waals surface area contributed by atoms with Crippen LogP contribution in [0.25, 0.3) is 0 Å². The van der Waals surface area contributed by atoms with Crippen molar-refractivity contribution >= 4 is 11.6 Å². The third-order valence-electron chi connectivity index (χ3n) is 2.23. The molecule has 0 aromatic heterocycles. The van der Waals surface area contributed by atoms with Gasteiger partial charge in [-0.2, -0.15) is 0 Å². The van der Waals surface area contributed by atoms with E-state index in [2.05, 4.69) is 19.2 Å². The molecule has 4 heteroatoms. The Balaban J connectivity index is 2.50. The molecule has 0 radical (unpaired) electrons. The van der Waals surface area contributed by atoms with Crippen molar-refractivity contribution in [3.05, 3.63) is 28.8 Å². The fraction of sp³-hybridized carbons (Fsp3) is 0.538. The summed E-state index contributed by atoms with van der Waals surface area (Å²) in [6, 6.07) is 5.71. The molecule has 1 aromatic carbocycles. The second kappa shape index (κ2) is 7.54. The molecule has 0 saturated heterocycles. The van der Waals surface area contributed by atoms with Crippen LogP contribution in [0.5, 0.6) is 5.75 Å². The van der Waals surface area contributed by atoms with Crippen LogP contribution in [0.15, 0.2) is 18.2 Å². The smallest absolute Gasteiger partial charge is 0.138 e. The predicted molar refractivity (Wildman–Crippen MR) is 70.6 cm³/mol. The Morgan fingerprint density at radius 1 is 1.41 bits per heavy atom. The third-order valence-corrected chi connectivity index (χ3v) is 2.52. The molecule has 0 aliphatic carbocycles. The van der Waals surface area contributed by atoms with Crippen molar-refractivity contribution in [3.63, 3.8) is 0 Å². The highest BCUT2D eigenvalue weighted by Crippen LogP contribution is 2.25. The van der Waals surface area contributed by atoms with Crippen molar-refractivity contribution in [2.75, 3.05) is 19.8 Å². The summed E-state index contributed by atoms with van der Waals surface area (Å²) >= 11 is 6.07. The van der Waals surface area contributed by atoms with Crippen LogP contribution in [0, 0.1) is 5.92 Å². The van der Waals surface area contributed by atoms with Crippen LogP contribution in [-0.2, 0) is 6.54 Å². The molecule has 1 aromatic rings. The monoisotopic (exact) mass is 257 g/mol. The van der Waals surface area contributed by atoms with E-state index in [0.29, 0.717) is 16.7 Å². The van der Waals surface area contributed by atoms with Crippen molar-refractivity contribution < 1.29 is 9.84 Å². The summed E-state index contributed by atoms with van der Waals surface area (Å²) < 4.78 is 5.28. The van der Waals surface area contributed by atoms with Crippen LogP contribution in [0.2, 0.25) is 5.02 Å². The van der Waals surface area contributed by atoms with E-state index < -0.39 is 0 Å². The maximum atomic E-state index is 8.66. The minimum absolute atomic E-state index is 0.00593. The highest BCUT2D eigenvalue weighted by Gasteiger charge is 2.03. The summed E-state index contributed by atoms with van der Waals surface area (Å²) in [5.74, 6) is 1.26. The van der Waals surface area contributed by atoms with E-state index in [4.69, 9.17) is 21.4 Å². The van der Waals surface area contributed by atoms with Gasteiger partial charge in [0.1, 0.15) is 12.4 Å². The summed E-state index contributed by atoms with van der Waals surface area (Å²) in [4.78, 5) is 0. The first-order valence-electron chi connectivity index (χ1n) is 5.86. The van der Waals surface area contributed by atoms with E-state index in [0.717, 1.165) is 18.7 Å². The average molecular weight is 258 g/mol. The van der Waals surface area contributed by atoms with E-state index in [9.17, 15) is 0 Å². The van der Waals surface area contributed by atoms with E-state index in [1.54, 1.807) is 0 Å². The molecule has 0 atom stereocenters. The molecule has 0 bridgehead atoms. The Bertz CT molecular complexity index is 342. The van der Waals surface area contributed by atoms with Crippen LogP contribution in [0.4, 0.5) is 0 Å². The largest absolute Gasteiger partial charge is 0.490 e. The highest BCUT2D eigenvalue weighted by molar-refractivity contribution is 6.32. The summed E-state index contributed by atoms with van der Waals surface area (Å²) in [5, 5.41) is 12.6. The lowest BCUT2D eigenvalue weighted by atomic mass is 10.2. The molecule has 0 amide bonds. The average Bonchev–Trinajstić information content (AvgIpc) is 2.27. The van der Waals surface area contributed by atoms with Gasteiger partial charge >= 0.3 is 0 Å². The Morgan fingerprint density at radius 2 is 2.18 bits per heavy atom. The van der Waals surface area contributed by atoms with Gasteiger partial charge in [-0.25, -0.2) is 0 Å². The van der Waals surface area contributed by atoms with Gasteiger partial charge in [-0.1, -0.05) is 31.5 Å². The standard InChI is InChI=1S/C13H20ClNO2/c1-10(2)8-15-9-11-3-4-13(12(14)7-11)17-6-5-16/h3-4,7,10,15-16H,5-6,8-9H2,1-2H3. The first-order chi connectivity index (χ1) is 8.13. The zero-order chi connectivity index (χ0) is 12.7. The zero-order valence-corrected chi connectivity index (χ0v) is 11.1. The van der Waals surface area contributed by atoms with Crippen LogP contribution in [0.3, 0.4) is 0 Å². The van der Waals surface area contributed by atoms with Gasteiger partial charge in [0.15, 0.2) is 0 Å². The van der Waals surface area contributed by atoms with E-state index in [-0.39, 0.29) is 13.2 Å². The normalized spacial score (nSPS) is 10.9. The zero-order valence-electron chi connectivity index (χ0n) is 10.4. The first kappa shape index (κ1) is 14.3. The van der Waals surface area contributed by atoms with Gasteiger partial charge in [-0.15, -0.1) is 0 Å². The summed E-state index contributed by atoms with van der Waals surface area (Å²) in [6.45, 7) is 6.40. The number of hydrogen-bond acceptors (Lipinski definition) is 3. The SMILES string of the molecule is CC(C)CNCc1ccc(OCCO)c(Cl)c1. The molecule has 0 aliphatic rings. The van der Waals surface area contributed by atoms with Crippen LogP contribution in [0.1, 0.15) is 19.4 Å². The quantitative estimate of drug-likeness (QED) is 0.789. The van der Waals surface area contributed by atoms with Crippen molar-refractivity contribution in [3.8, 4) is 5.75 Å². The molecule has 1 rings (SSSR count). The molecule has 3 nitrogen and oxygen atoms in total. The molecule has 0 heterocycles. The van der Waals surface area contributed by atoms with E-state index >= 15 is 0 Å². The number of benzene rings is 1. The van der Waals surface area contributed by atoms with Gasteiger partial charge in [-0.05, 0) is 30.2 Å². The molecule has 0 fully saturated rings. The van der Waals surface area contributed by atoms with Crippen molar-refractivity contribution in [2.24, 2.45) is 5.92 Å². The van der Waals surface area contributed by atoms with Gasteiger partial charge in [0.25, 0.3) is 0 Å². The molecule has 17 heavy (non-hydrogen) atoms. The molecular formula is C13H20ClNO2. The van der Waals surface area contributed by atoms with Crippen molar-refractivity contribution in [2.45, 2.75) is 20.4 Å². The van der Waals surface area contributed by atoms with Gasteiger partial charge in [-0.3, -0.25) is 0 Å². The lowest BCUT2D eigenvalue weighted by molar-refractivity contribution is 0.201. The molecule has 2 N–H and O–H groups in total. The number of aliphatic hydroxyl groups is 1. The highest BCUT2D eigenvalue weighted by atomic mass is 35.5. The summed E-state index contributed by atoms with van der Waals surface area (Å²) in [6.07, 6.45) is 0. The van der Waals surface area contributed by atoms with Crippen LogP contribution < -0.4 is 10.1 Å². The number of aliphatic hydroxyl groups excluding tert-OH is 1. The number of rotatable bonds is 7. The molecule has 0 unspecified atom stereocenters. The summed E-state index contributed by atoms with van der Waals surface area (Å²) in [7, 11) is 0. The number of ether oxygens (including phenoxy) is 1. The predicted octanol–water partition coefficient (Wildman–Crippen LogP) is 2.46. The number of hydrogen-bond donors (Lipinski definition) is 2. The number of nitrogens with one attached hydrogen (secondary N) is 1. The molecule has 0 aliphatic heterocycles. The Kier molecular flexibility index (Phi) is 6.34. The van der Waals surface area contributed by atoms with Gasteiger partial charge in [0.2, 0.25) is 0 Å². The molecular weight excluding hydrogens is 238 g/mol. The molecule has 0 saturated carbocycles. The fourth-order valence-electron chi connectivity index (χ4n) is 1.43. The lowest BCUT2D eigenvalue weighted by Gasteiger charge is -2.10. The molecule has 0 spiro atoms. The second-order valence-corrected chi connectivity index (χ2v) is 4.77. The van der Waals surface area contributed by atoms with Crippen molar-refractivity contribution in [1.82, 2.24) is 5.32 Å². The number of halogens is 1. The van der Waals surface area contributed by atoms with Gasteiger partial charge < -0.3 is 15.2 Å². The lowest BCUT2D eigenvalue weighted by Crippen LogP contribution is -2.18. The minimum atomic E-state index is -0.00593.